The molecule has 2 aliphatic carbocycles. The molecule has 1 aromatic carbocycles. The first kappa shape index (κ1) is 34.1. The number of halogens is 1. The summed E-state index contributed by atoms with van der Waals surface area (Å²) in [5.41, 5.74) is -2.60. The summed E-state index contributed by atoms with van der Waals surface area (Å²) >= 11 is 1.20. The Hall–Kier alpha value is -3.39. The second-order valence-electron chi connectivity index (χ2n) is 11.3. The van der Waals surface area contributed by atoms with Gasteiger partial charge < -0.3 is 34.1 Å². The third-order valence-corrected chi connectivity index (χ3v) is 8.39. The van der Waals surface area contributed by atoms with Gasteiger partial charge in [0.2, 0.25) is 13.6 Å². The normalized spacial score (nSPS) is 25.6. The maximum Gasteiger partial charge on any atom is 0.408 e. The number of aliphatic hydroxyl groups is 1. The molecule has 0 aliphatic heterocycles. The number of carbonyl (C=O) groups excluding carboxylic acids is 5. The van der Waals surface area contributed by atoms with Crippen LogP contribution in [0, 0.1) is 36.4 Å². The van der Waals surface area contributed by atoms with Crippen molar-refractivity contribution in [1.29, 1.82) is 0 Å². The van der Waals surface area contributed by atoms with Crippen LogP contribution >= 0.6 is 11.8 Å². The molecule has 0 unspecified atom stereocenters. The van der Waals surface area contributed by atoms with E-state index in [-0.39, 0.29) is 18.6 Å². The first-order valence-electron chi connectivity index (χ1n) is 13.9. The topological polar surface area (TPSA) is 164 Å². The number of hydrogen-bond acceptors (Lipinski definition) is 12. The molecule has 0 spiro atoms. The fourth-order valence-electron chi connectivity index (χ4n) is 5.27. The summed E-state index contributed by atoms with van der Waals surface area (Å²) in [6.45, 7) is 8.14. The molecule has 1 aromatic rings. The van der Waals surface area contributed by atoms with Gasteiger partial charge in [-0.1, -0.05) is 13.8 Å². The van der Waals surface area contributed by atoms with Crippen molar-refractivity contribution in [3.05, 3.63) is 29.6 Å². The van der Waals surface area contributed by atoms with Gasteiger partial charge in [0.15, 0.2) is 5.54 Å². The Balaban J connectivity index is 1.96. The lowest BCUT2D eigenvalue weighted by molar-refractivity contribution is -0.175. The van der Waals surface area contributed by atoms with Crippen molar-refractivity contribution in [2.24, 2.45) is 23.7 Å². The van der Waals surface area contributed by atoms with Gasteiger partial charge in [-0.05, 0) is 51.5 Å². The highest BCUT2D eigenvalue weighted by molar-refractivity contribution is 7.99. The number of hydrogen-bond donors (Lipinski definition) is 2. The molecule has 43 heavy (non-hydrogen) atoms. The number of alkyl carbamates (subject to hydrolysis) is 1. The second kappa shape index (κ2) is 13.9. The Morgan fingerprint density at radius 3 is 2.16 bits per heavy atom. The summed E-state index contributed by atoms with van der Waals surface area (Å²) in [4.78, 5) is 63.8. The second-order valence-corrected chi connectivity index (χ2v) is 12.4. The quantitative estimate of drug-likeness (QED) is 0.151. The van der Waals surface area contributed by atoms with E-state index in [4.69, 9.17) is 23.7 Å². The minimum atomic E-state index is -2.02. The molecule has 0 saturated heterocycles. The molecule has 1 amide bonds. The molecule has 0 heterocycles. The number of carbonyl (C=O) groups is 5. The van der Waals surface area contributed by atoms with Crippen LogP contribution in [-0.4, -0.2) is 71.7 Å². The zero-order valence-corrected chi connectivity index (χ0v) is 25.8. The summed E-state index contributed by atoms with van der Waals surface area (Å²) in [5.74, 6) is -7.43. The lowest BCUT2D eigenvalue weighted by Crippen LogP contribution is -2.63. The van der Waals surface area contributed by atoms with E-state index in [1.165, 1.54) is 17.8 Å². The molecule has 0 radical (unpaired) electrons. The van der Waals surface area contributed by atoms with Gasteiger partial charge in [0.25, 0.3) is 0 Å². The monoisotopic (exact) mass is 627 g/mol. The van der Waals surface area contributed by atoms with Gasteiger partial charge in [-0.2, -0.15) is 0 Å². The highest BCUT2D eigenvalue weighted by Crippen LogP contribution is 2.65. The van der Waals surface area contributed by atoms with Gasteiger partial charge in [-0.3, -0.25) is 14.4 Å². The lowest BCUT2D eigenvalue weighted by Gasteiger charge is -2.38. The van der Waals surface area contributed by atoms with Gasteiger partial charge in [0.05, 0.1) is 12.0 Å². The minimum Gasteiger partial charge on any atom is -0.444 e. The number of thioether (sulfide) groups is 1. The van der Waals surface area contributed by atoms with Crippen LogP contribution in [0.5, 0.6) is 0 Å². The first-order chi connectivity index (χ1) is 20.2. The molecule has 0 bridgehead atoms. The van der Waals surface area contributed by atoms with Crippen molar-refractivity contribution in [2.45, 2.75) is 76.5 Å². The molecule has 3 rings (SSSR count). The highest BCUT2D eigenvalue weighted by Gasteiger charge is 2.80. The summed E-state index contributed by atoms with van der Waals surface area (Å²) in [6, 6.07) is 4.43. The van der Waals surface area contributed by atoms with Crippen LogP contribution in [-0.2, 0) is 42.9 Å². The minimum absolute atomic E-state index is 0.0230. The van der Waals surface area contributed by atoms with Crippen molar-refractivity contribution in [3.63, 3.8) is 0 Å². The summed E-state index contributed by atoms with van der Waals surface area (Å²) in [5, 5.41) is 14.1. The molecule has 2 N–H and O–H groups in total. The SMILES string of the molecule is CCC(=O)OCOC(=O)[C@H]1[C@@H]2[C@H](O)[C@@H](CSc3ccc(F)c(C)c3)[C@@](NC(=O)OC(C)(C)C)(C(=O)OCOC(=O)CC)[C@H]12. The van der Waals surface area contributed by atoms with Gasteiger partial charge in [0, 0.05) is 41.2 Å². The first-order valence-corrected chi connectivity index (χ1v) is 14.9. The van der Waals surface area contributed by atoms with Crippen molar-refractivity contribution < 1.29 is 57.2 Å². The Morgan fingerprint density at radius 1 is 1.00 bits per heavy atom. The van der Waals surface area contributed by atoms with Crippen LogP contribution in [0.25, 0.3) is 0 Å². The highest BCUT2D eigenvalue weighted by atomic mass is 32.2. The van der Waals surface area contributed by atoms with E-state index < -0.39 is 90.3 Å². The predicted octanol–water partition coefficient (Wildman–Crippen LogP) is 3.25. The van der Waals surface area contributed by atoms with E-state index in [0.717, 1.165) is 0 Å². The number of amides is 1. The number of ether oxygens (including phenoxy) is 5. The summed E-state index contributed by atoms with van der Waals surface area (Å²) < 4.78 is 39.4. The Kier molecular flexibility index (Phi) is 11.0. The third-order valence-electron chi connectivity index (χ3n) is 7.28. The number of aliphatic hydroxyl groups excluding tert-OH is 1. The van der Waals surface area contributed by atoms with E-state index in [0.29, 0.717) is 10.5 Å². The fraction of sp³-hybridized carbons (Fsp3) is 0.621. The van der Waals surface area contributed by atoms with Crippen LogP contribution in [0.15, 0.2) is 23.1 Å². The number of aryl methyl sites for hydroxylation is 1. The molecule has 2 aliphatic rings. The van der Waals surface area contributed by atoms with E-state index in [1.54, 1.807) is 53.7 Å². The Morgan fingerprint density at radius 2 is 1.60 bits per heavy atom. The maximum atomic E-state index is 13.9. The average Bonchev–Trinajstić information content (AvgIpc) is 3.63. The largest absolute Gasteiger partial charge is 0.444 e. The number of fused-ring (bicyclic) bond motifs is 1. The lowest BCUT2D eigenvalue weighted by atomic mass is 9.80. The van der Waals surface area contributed by atoms with Crippen LogP contribution < -0.4 is 5.32 Å². The standard InChI is InChI=1S/C29H38FNO11S/c1-7-19(32)38-13-40-25(35)22-21-23(22)29(31-27(37)42-28(4,5)6,26(36)41-14-39-20(33)8-2)17(24(21)34)12-43-16-9-10-18(30)15(3)11-16/h9-11,17,21-24,34H,7-8,12-14H2,1-6H3,(H,31,37)/t17-,21+,22+,23+,24-,29+/m1/s1. The Labute approximate surface area is 253 Å². The van der Waals surface area contributed by atoms with E-state index in [2.05, 4.69) is 5.32 Å². The average molecular weight is 628 g/mol. The van der Waals surface area contributed by atoms with Gasteiger partial charge >= 0.3 is 30.0 Å². The molecule has 6 atom stereocenters. The smallest absolute Gasteiger partial charge is 0.408 e. The number of rotatable bonds is 12. The van der Waals surface area contributed by atoms with E-state index in [9.17, 15) is 33.5 Å². The molecule has 238 valence electrons. The molecule has 14 heteroatoms. The summed E-state index contributed by atoms with van der Waals surface area (Å²) in [6.07, 6.45) is -2.23. The van der Waals surface area contributed by atoms with Crippen LogP contribution in [0.1, 0.15) is 53.0 Å². The molecule has 0 aromatic heterocycles. The number of nitrogens with one attached hydrogen (secondary N) is 1. The molecular weight excluding hydrogens is 589 g/mol. The van der Waals surface area contributed by atoms with Crippen molar-refractivity contribution in [1.82, 2.24) is 5.32 Å². The van der Waals surface area contributed by atoms with Crippen molar-refractivity contribution in [2.75, 3.05) is 19.3 Å². The van der Waals surface area contributed by atoms with E-state index in [1.807, 2.05) is 0 Å². The zero-order chi connectivity index (χ0) is 32.1. The predicted molar refractivity (Wildman–Crippen MR) is 149 cm³/mol. The van der Waals surface area contributed by atoms with Gasteiger partial charge in [-0.25, -0.2) is 14.0 Å². The number of benzene rings is 1. The molecule has 12 nitrogen and oxygen atoms in total. The fourth-order valence-corrected chi connectivity index (χ4v) is 6.52. The molecular formula is C29H38FNO11S. The van der Waals surface area contributed by atoms with Gasteiger partial charge in [-0.15, -0.1) is 11.8 Å². The van der Waals surface area contributed by atoms with Crippen LogP contribution in [0.4, 0.5) is 9.18 Å². The summed E-state index contributed by atoms with van der Waals surface area (Å²) in [7, 11) is 0. The van der Waals surface area contributed by atoms with Crippen LogP contribution in [0.3, 0.4) is 0 Å². The number of esters is 4. The molecule has 2 fully saturated rings. The van der Waals surface area contributed by atoms with Gasteiger partial charge in [0.1, 0.15) is 11.4 Å². The third kappa shape index (κ3) is 7.96. The van der Waals surface area contributed by atoms with Crippen molar-refractivity contribution in [3.8, 4) is 0 Å². The molecule has 2 saturated carbocycles. The van der Waals surface area contributed by atoms with Crippen LogP contribution in [0.2, 0.25) is 0 Å². The maximum absolute atomic E-state index is 13.9. The van der Waals surface area contributed by atoms with Crippen molar-refractivity contribution >= 4 is 41.7 Å². The Bertz CT molecular complexity index is 1240. The van der Waals surface area contributed by atoms with E-state index >= 15 is 0 Å². The zero-order valence-electron chi connectivity index (χ0n) is 25.0.